The van der Waals surface area contributed by atoms with Gasteiger partial charge in [0.1, 0.15) is 6.04 Å². The zero-order valence-corrected chi connectivity index (χ0v) is 25.3. The Labute approximate surface area is 240 Å². The van der Waals surface area contributed by atoms with Crippen LogP contribution in [0.4, 0.5) is 0 Å². The molecule has 0 radical (unpaired) electrons. The Balaban J connectivity index is 1.83. The molecule has 0 heterocycles. The minimum absolute atomic E-state index is 0.238. The quantitative estimate of drug-likeness (QED) is 0.243. The van der Waals surface area contributed by atoms with Crippen molar-refractivity contribution < 1.29 is 14.3 Å². The van der Waals surface area contributed by atoms with Crippen molar-refractivity contribution in [2.24, 2.45) is 5.92 Å². The molecule has 0 unspecified atom stereocenters. The van der Waals surface area contributed by atoms with Crippen LogP contribution >= 0.6 is 11.8 Å². The van der Waals surface area contributed by atoms with Crippen molar-refractivity contribution in [3.05, 3.63) is 59.2 Å². The lowest BCUT2D eigenvalue weighted by atomic mass is 9.88. The van der Waals surface area contributed by atoms with E-state index in [0.717, 1.165) is 47.9 Å². The van der Waals surface area contributed by atoms with Crippen LogP contribution in [0, 0.1) is 12.8 Å². The molecule has 6 heteroatoms. The number of carbonyl (C=O) groups is 2. The summed E-state index contributed by atoms with van der Waals surface area (Å²) < 4.78 is 4.97. The molecule has 0 saturated heterocycles. The number of nitrogens with one attached hydrogen (secondary N) is 1. The van der Waals surface area contributed by atoms with Gasteiger partial charge in [-0.15, -0.1) is 0 Å². The highest BCUT2D eigenvalue weighted by Gasteiger charge is 2.24. The minimum Gasteiger partial charge on any atom is -0.467 e. The molecule has 2 aromatic carbocycles. The fourth-order valence-electron chi connectivity index (χ4n) is 5.60. The van der Waals surface area contributed by atoms with Gasteiger partial charge in [-0.25, -0.2) is 4.79 Å². The SMILES string of the molecule is CCCCN(CCc1ccc(C(=O)N[C@@H](CCSC)C(=O)OC)c(-c2ccccc2C)c1)CC1CCCCC1. The zero-order valence-electron chi connectivity index (χ0n) is 24.5. The number of hydrogen-bond donors (Lipinski definition) is 1. The Morgan fingerprint density at radius 3 is 2.54 bits per heavy atom. The third-order valence-electron chi connectivity index (χ3n) is 7.95. The van der Waals surface area contributed by atoms with E-state index in [-0.39, 0.29) is 5.91 Å². The number of hydrogen-bond acceptors (Lipinski definition) is 5. The molecule has 0 aliphatic heterocycles. The normalized spacial score (nSPS) is 14.8. The number of benzene rings is 2. The molecular weight excluding hydrogens is 504 g/mol. The highest BCUT2D eigenvalue weighted by atomic mass is 32.2. The van der Waals surface area contributed by atoms with Gasteiger partial charge >= 0.3 is 5.97 Å². The molecule has 1 amide bonds. The number of carbonyl (C=O) groups excluding carboxylic acids is 2. The van der Waals surface area contributed by atoms with Crippen LogP contribution in [0.2, 0.25) is 0 Å². The lowest BCUT2D eigenvalue weighted by Gasteiger charge is -2.30. The van der Waals surface area contributed by atoms with E-state index in [0.29, 0.717) is 12.0 Å². The number of aryl methyl sites for hydroxylation is 1. The van der Waals surface area contributed by atoms with Crippen LogP contribution in [0.1, 0.15) is 79.8 Å². The lowest BCUT2D eigenvalue weighted by molar-refractivity contribution is -0.142. The van der Waals surface area contributed by atoms with E-state index in [1.54, 1.807) is 11.8 Å². The largest absolute Gasteiger partial charge is 0.467 e. The summed E-state index contributed by atoms with van der Waals surface area (Å²) in [6.45, 7) is 7.74. The summed E-state index contributed by atoms with van der Waals surface area (Å²) in [5, 5.41) is 2.95. The number of unbranched alkanes of at least 4 members (excludes halogenated alkanes) is 1. The summed E-state index contributed by atoms with van der Waals surface area (Å²) in [4.78, 5) is 28.6. The molecule has 0 spiro atoms. The molecule has 0 aromatic heterocycles. The summed E-state index contributed by atoms with van der Waals surface area (Å²) in [6, 6.07) is 13.7. The third kappa shape index (κ3) is 9.68. The van der Waals surface area contributed by atoms with Gasteiger partial charge in [0.25, 0.3) is 5.91 Å². The summed E-state index contributed by atoms with van der Waals surface area (Å²) in [6.07, 6.45) is 12.8. The Morgan fingerprint density at radius 2 is 1.85 bits per heavy atom. The van der Waals surface area contributed by atoms with Crippen molar-refractivity contribution in [1.29, 1.82) is 0 Å². The van der Waals surface area contributed by atoms with E-state index >= 15 is 0 Å². The van der Waals surface area contributed by atoms with E-state index in [2.05, 4.69) is 48.3 Å². The van der Waals surface area contributed by atoms with Gasteiger partial charge in [-0.2, -0.15) is 11.8 Å². The first kappa shape index (κ1) is 31.2. The van der Waals surface area contributed by atoms with Crippen LogP contribution in [-0.2, 0) is 16.0 Å². The molecular formula is C33H48N2O3S. The standard InChI is InChI=1S/C33H48N2O3S/c1-5-6-20-35(24-27-13-8-7-9-14-27)21-18-26-16-17-29(30(23-26)28-15-11-10-12-25(28)2)32(36)34-31(19-22-39-4)33(37)38-3/h10-12,15-17,23,27,31H,5-9,13-14,18-22,24H2,1-4H3,(H,34,36)/t31-/m0/s1. The van der Waals surface area contributed by atoms with Crippen molar-refractivity contribution in [3.8, 4) is 11.1 Å². The maximum absolute atomic E-state index is 13.5. The maximum Gasteiger partial charge on any atom is 0.328 e. The predicted molar refractivity (Wildman–Crippen MR) is 165 cm³/mol. The zero-order chi connectivity index (χ0) is 28.0. The highest BCUT2D eigenvalue weighted by molar-refractivity contribution is 7.98. The Bertz CT molecular complexity index is 1050. The van der Waals surface area contributed by atoms with Gasteiger partial charge in [0.15, 0.2) is 0 Å². The second-order valence-corrected chi connectivity index (χ2v) is 11.9. The summed E-state index contributed by atoms with van der Waals surface area (Å²) in [5.41, 5.74) is 4.92. The average molecular weight is 553 g/mol. The molecule has 1 N–H and O–H groups in total. The number of ether oxygens (including phenoxy) is 1. The first-order chi connectivity index (χ1) is 19.0. The summed E-state index contributed by atoms with van der Waals surface area (Å²) in [7, 11) is 1.37. The second-order valence-electron chi connectivity index (χ2n) is 10.9. The highest BCUT2D eigenvalue weighted by Crippen LogP contribution is 2.29. The molecule has 214 valence electrons. The van der Waals surface area contributed by atoms with E-state index < -0.39 is 12.0 Å². The molecule has 2 aromatic rings. The van der Waals surface area contributed by atoms with Crippen molar-refractivity contribution in [2.75, 3.05) is 38.8 Å². The van der Waals surface area contributed by atoms with Crippen LogP contribution in [0.15, 0.2) is 42.5 Å². The first-order valence-corrected chi connectivity index (χ1v) is 16.1. The molecule has 1 fully saturated rings. The van der Waals surface area contributed by atoms with E-state index in [1.807, 2.05) is 24.5 Å². The smallest absolute Gasteiger partial charge is 0.328 e. The monoisotopic (exact) mass is 552 g/mol. The van der Waals surface area contributed by atoms with Gasteiger partial charge in [0.05, 0.1) is 7.11 Å². The Kier molecular flexibility index (Phi) is 13.4. The molecule has 1 saturated carbocycles. The number of nitrogens with zero attached hydrogens (tertiary/aromatic N) is 1. The fraction of sp³-hybridized carbons (Fsp3) is 0.576. The van der Waals surface area contributed by atoms with Crippen LogP contribution in [-0.4, -0.2) is 61.6 Å². The number of methoxy groups -OCH3 is 1. The van der Waals surface area contributed by atoms with Crippen LogP contribution in [0.5, 0.6) is 0 Å². The van der Waals surface area contributed by atoms with Crippen LogP contribution in [0.3, 0.4) is 0 Å². The van der Waals surface area contributed by atoms with E-state index in [1.165, 1.54) is 64.2 Å². The van der Waals surface area contributed by atoms with E-state index in [9.17, 15) is 9.59 Å². The van der Waals surface area contributed by atoms with Gasteiger partial charge in [0.2, 0.25) is 0 Å². The summed E-state index contributed by atoms with van der Waals surface area (Å²) in [5.74, 6) is 0.951. The minimum atomic E-state index is -0.661. The van der Waals surface area contributed by atoms with E-state index in [4.69, 9.17) is 4.74 Å². The van der Waals surface area contributed by atoms with Gasteiger partial charge < -0.3 is 15.0 Å². The molecule has 1 atom stereocenters. The number of thioether (sulfide) groups is 1. The second kappa shape index (κ2) is 16.7. The topological polar surface area (TPSA) is 58.6 Å². The first-order valence-electron chi connectivity index (χ1n) is 14.8. The molecule has 0 bridgehead atoms. The van der Waals surface area contributed by atoms with Crippen molar-refractivity contribution in [3.63, 3.8) is 0 Å². The van der Waals surface area contributed by atoms with Crippen LogP contribution < -0.4 is 5.32 Å². The number of esters is 1. The van der Waals surface area contributed by atoms with Crippen molar-refractivity contribution in [1.82, 2.24) is 10.2 Å². The predicted octanol–water partition coefficient (Wildman–Crippen LogP) is 6.91. The van der Waals surface area contributed by atoms with Gasteiger partial charge in [-0.3, -0.25) is 4.79 Å². The Hall–Kier alpha value is -2.31. The average Bonchev–Trinajstić information content (AvgIpc) is 2.96. The summed E-state index contributed by atoms with van der Waals surface area (Å²) >= 11 is 1.64. The lowest BCUT2D eigenvalue weighted by Crippen LogP contribution is -2.42. The Morgan fingerprint density at radius 1 is 1.08 bits per heavy atom. The molecule has 1 aliphatic rings. The van der Waals surface area contributed by atoms with Gasteiger partial charge in [-0.05, 0) is 91.8 Å². The third-order valence-corrected chi connectivity index (χ3v) is 8.60. The van der Waals surface area contributed by atoms with Gasteiger partial charge in [0, 0.05) is 18.7 Å². The van der Waals surface area contributed by atoms with Gasteiger partial charge in [-0.1, -0.05) is 69.0 Å². The maximum atomic E-state index is 13.5. The fourth-order valence-corrected chi connectivity index (χ4v) is 6.08. The molecule has 5 nitrogen and oxygen atoms in total. The van der Waals surface area contributed by atoms with Crippen molar-refractivity contribution >= 4 is 23.6 Å². The molecule has 3 rings (SSSR count). The molecule has 39 heavy (non-hydrogen) atoms. The number of rotatable bonds is 15. The number of amides is 1. The van der Waals surface area contributed by atoms with Crippen LogP contribution in [0.25, 0.3) is 11.1 Å². The van der Waals surface area contributed by atoms with Crippen molar-refractivity contribution in [2.45, 2.75) is 77.7 Å². The molecule has 1 aliphatic carbocycles.